The van der Waals surface area contributed by atoms with Gasteiger partial charge in [-0.05, 0) is 6.07 Å². The molecular weight excluding hydrogens is 269 g/mol. The van der Waals surface area contributed by atoms with Gasteiger partial charge in [-0.3, -0.25) is 4.79 Å². The lowest BCUT2D eigenvalue weighted by molar-refractivity contribution is 0.360. The highest BCUT2D eigenvalue weighted by Crippen LogP contribution is 2.32. The molecule has 1 aliphatic heterocycles. The smallest absolute Gasteiger partial charge is 0.255 e. The summed E-state index contributed by atoms with van der Waals surface area (Å²) in [5, 5.41) is 0.600. The van der Waals surface area contributed by atoms with Crippen molar-refractivity contribution in [2.45, 2.75) is 26.1 Å². The number of hydrogen-bond acceptors (Lipinski definition) is 2. The Morgan fingerprint density at radius 3 is 2.84 bits per heavy atom. The van der Waals surface area contributed by atoms with E-state index in [1.165, 1.54) is 0 Å². The molecule has 0 aliphatic carbocycles. The molecular formula is C14H15ClFNO2. The molecule has 5 heteroatoms. The molecule has 0 saturated heterocycles. The highest BCUT2D eigenvalue weighted by molar-refractivity contribution is 6.17. The summed E-state index contributed by atoms with van der Waals surface area (Å²) in [5.74, 6) is 0.0959. The fraction of sp³-hybridized carbons (Fsp3) is 0.357. The molecule has 3 nitrogen and oxygen atoms in total. The monoisotopic (exact) mass is 283 g/mol. The molecule has 0 spiro atoms. The Kier molecular flexibility index (Phi) is 4.10. The van der Waals surface area contributed by atoms with Crippen LogP contribution in [0.15, 0.2) is 16.9 Å². The first-order chi connectivity index (χ1) is 9.22. The number of fused-ring (bicyclic) bond motifs is 3. The van der Waals surface area contributed by atoms with Gasteiger partial charge in [-0.15, -0.1) is 11.6 Å². The van der Waals surface area contributed by atoms with Crippen LogP contribution < -0.4 is 10.3 Å². The first kappa shape index (κ1) is 13.9. The van der Waals surface area contributed by atoms with E-state index in [1.54, 1.807) is 12.1 Å². The molecule has 0 atom stereocenters. The summed E-state index contributed by atoms with van der Waals surface area (Å²) < 4.78 is 19.4. The molecule has 19 heavy (non-hydrogen) atoms. The molecule has 0 saturated carbocycles. The van der Waals surface area contributed by atoms with Gasteiger partial charge < -0.3 is 9.72 Å². The van der Waals surface area contributed by atoms with E-state index in [0.29, 0.717) is 35.3 Å². The van der Waals surface area contributed by atoms with Crippen LogP contribution in [0, 0.1) is 5.82 Å². The van der Waals surface area contributed by atoms with E-state index in [1.807, 2.05) is 13.8 Å². The Balaban J connectivity index is 0.000000637. The molecule has 1 N–H and O–H groups in total. The standard InChI is InChI=1S/C12H9ClFNO2.C2H6/c13-5-6-1-2-7-10(9(6)14)15-12(16)8-3-4-17-11(7)8;1-2/h1-2H,3-5H2,(H,15,16);1-2H3. The highest BCUT2D eigenvalue weighted by atomic mass is 35.5. The Morgan fingerprint density at radius 1 is 1.42 bits per heavy atom. The molecule has 2 heterocycles. The number of rotatable bonds is 1. The maximum absolute atomic E-state index is 14.0. The van der Waals surface area contributed by atoms with Crippen molar-refractivity contribution in [2.75, 3.05) is 6.61 Å². The maximum Gasteiger partial charge on any atom is 0.255 e. The highest BCUT2D eigenvalue weighted by Gasteiger charge is 2.21. The molecule has 0 unspecified atom stereocenters. The summed E-state index contributed by atoms with van der Waals surface area (Å²) in [6, 6.07) is 3.35. The van der Waals surface area contributed by atoms with Crippen LogP contribution in [-0.2, 0) is 12.3 Å². The van der Waals surface area contributed by atoms with Gasteiger partial charge in [0.1, 0.15) is 5.75 Å². The van der Waals surface area contributed by atoms with Gasteiger partial charge in [0.05, 0.1) is 23.6 Å². The number of aromatic amines is 1. The lowest BCUT2D eigenvalue weighted by Crippen LogP contribution is -2.11. The Bertz CT molecular complexity index is 667. The number of benzene rings is 1. The zero-order valence-corrected chi connectivity index (χ0v) is 11.6. The number of H-pyrrole nitrogens is 1. The molecule has 3 rings (SSSR count). The van der Waals surface area contributed by atoms with E-state index in [-0.39, 0.29) is 17.0 Å². The van der Waals surface area contributed by atoms with Crippen molar-refractivity contribution in [1.29, 1.82) is 0 Å². The van der Waals surface area contributed by atoms with Crippen LogP contribution in [0.5, 0.6) is 5.75 Å². The van der Waals surface area contributed by atoms with Crippen LogP contribution in [-0.4, -0.2) is 11.6 Å². The average molecular weight is 284 g/mol. The molecule has 1 aromatic carbocycles. The number of nitrogens with one attached hydrogen (secondary N) is 1. The Morgan fingerprint density at radius 2 is 2.16 bits per heavy atom. The predicted molar refractivity (Wildman–Crippen MR) is 74.6 cm³/mol. The van der Waals surface area contributed by atoms with E-state index < -0.39 is 5.82 Å². The van der Waals surface area contributed by atoms with Crippen molar-refractivity contribution in [3.8, 4) is 5.75 Å². The normalized spacial score (nSPS) is 12.6. The van der Waals surface area contributed by atoms with Gasteiger partial charge in [0.15, 0.2) is 5.82 Å². The third-order valence-corrected chi connectivity index (χ3v) is 3.28. The molecule has 1 aliphatic rings. The van der Waals surface area contributed by atoms with Crippen molar-refractivity contribution in [2.24, 2.45) is 0 Å². The number of aromatic nitrogens is 1. The Labute approximate surface area is 115 Å². The molecule has 0 fully saturated rings. The number of alkyl halides is 1. The first-order valence-electron chi connectivity index (χ1n) is 6.27. The van der Waals surface area contributed by atoms with Gasteiger partial charge in [-0.25, -0.2) is 4.39 Å². The lowest BCUT2D eigenvalue weighted by atomic mass is 10.1. The van der Waals surface area contributed by atoms with Crippen molar-refractivity contribution in [1.82, 2.24) is 4.98 Å². The number of halogens is 2. The van der Waals surface area contributed by atoms with Gasteiger partial charge in [0.25, 0.3) is 5.56 Å². The van der Waals surface area contributed by atoms with Crippen LogP contribution in [0.4, 0.5) is 4.39 Å². The molecule has 1 aromatic heterocycles. The van der Waals surface area contributed by atoms with E-state index in [2.05, 4.69) is 4.98 Å². The summed E-state index contributed by atoms with van der Waals surface area (Å²) >= 11 is 5.63. The van der Waals surface area contributed by atoms with Crippen molar-refractivity contribution < 1.29 is 9.13 Å². The van der Waals surface area contributed by atoms with E-state index in [0.717, 1.165) is 0 Å². The molecule has 2 aromatic rings. The second-order valence-corrected chi connectivity index (χ2v) is 4.22. The third-order valence-electron chi connectivity index (χ3n) is 3.00. The minimum Gasteiger partial charge on any atom is -0.492 e. The van der Waals surface area contributed by atoms with Crippen molar-refractivity contribution in [3.05, 3.63) is 39.4 Å². The van der Waals surface area contributed by atoms with Crippen molar-refractivity contribution >= 4 is 22.5 Å². The summed E-state index contributed by atoms with van der Waals surface area (Å²) in [6.07, 6.45) is 0.569. The third kappa shape index (κ3) is 2.21. The molecule has 0 radical (unpaired) electrons. The van der Waals surface area contributed by atoms with Crippen LogP contribution in [0.25, 0.3) is 10.9 Å². The summed E-state index contributed by atoms with van der Waals surface area (Å²) in [5.41, 5.74) is 0.854. The van der Waals surface area contributed by atoms with Crippen LogP contribution in [0.1, 0.15) is 25.0 Å². The van der Waals surface area contributed by atoms with Crippen LogP contribution >= 0.6 is 11.6 Å². The number of pyridine rings is 1. The number of hydrogen-bond donors (Lipinski definition) is 1. The van der Waals surface area contributed by atoms with Gasteiger partial charge in [0, 0.05) is 17.4 Å². The number of ether oxygens (including phenoxy) is 1. The second kappa shape index (κ2) is 5.61. The molecule has 0 amide bonds. The maximum atomic E-state index is 14.0. The minimum atomic E-state index is -0.479. The molecule has 0 bridgehead atoms. The van der Waals surface area contributed by atoms with Gasteiger partial charge in [-0.1, -0.05) is 19.9 Å². The Hall–Kier alpha value is -1.55. The zero-order chi connectivity index (χ0) is 14.0. The topological polar surface area (TPSA) is 42.1 Å². The zero-order valence-electron chi connectivity index (χ0n) is 10.8. The lowest BCUT2D eigenvalue weighted by Gasteiger charge is -2.07. The summed E-state index contributed by atoms with van der Waals surface area (Å²) in [4.78, 5) is 14.3. The first-order valence-corrected chi connectivity index (χ1v) is 6.81. The van der Waals surface area contributed by atoms with Crippen molar-refractivity contribution in [3.63, 3.8) is 0 Å². The van der Waals surface area contributed by atoms with Crippen LogP contribution in [0.3, 0.4) is 0 Å². The summed E-state index contributed by atoms with van der Waals surface area (Å²) in [6.45, 7) is 4.47. The minimum absolute atomic E-state index is 0.0712. The van der Waals surface area contributed by atoms with E-state index >= 15 is 0 Å². The largest absolute Gasteiger partial charge is 0.492 e. The van der Waals surface area contributed by atoms with E-state index in [9.17, 15) is 9.18 Å². The summed E-state index contributed by atoms with van der Waals surface area (Å²) in [7, 11) is 0. The van der Waals surface area contributed by atoms with Gasteiger partial charge in [-0.2, -0.15) is 0 Å². The fourth-order valence-corrected chi connectivity index (χ4v) is 2.34. The quantitative estimate of drug-likeness (QED) is 0.816. The van der Waals surface area contributed by atoms with Gasteiger partial charge >= 0.3 is 0 Å². The van der Waals surface area contributed by atoms with Crippen LogP contribution in [0.2, 0.25) is 0 Å². The van der Waals surface area contributed by atoms with E-state index in [4.69, 9.17) is 16.3 Å². The van der Waals surface area contributed by atoms with Gasteiger partial charge in [0.2, 0.25) is 0 Å². The SMILES string of the molecule is CC.O=c1[nH]c2c(F)c(CCl)ccc2c2c1CCO2. The fourth-order valence-electron chi connectivity index (χ4n) is 2.14. The average Bonchev–Trinajstić information content (AvgIpc) is 2.93. The molecule has 102 valence electrons. The predicted octanol–water partition coefficient (Wildman–Crippen LogP) is 3.37. The second-order valence-electron chi connectivity index (χ2n) is 3.96.